The van der Waals surface area contributed by atoms with Gasteiger partial charge in [-0.3, -0.25) is 0 Å². The van der Waals surface area contributed by atoms with E-state index in [0.29, 0.717) is 6.61 Å². The number of aromatic nitrogens is 2. The number of thioether (sulfide) groups is 1. The first-order chi connectivity index (χ1) is 12.7. The van der Waals surface area contributed by atoms with Crippen molar-refractivity contribution in [1.29, 1.82) is 0 Å². The maximum absolute atomic E-state index is 5.58. The number of nitrogens with zero attached hydrogens (tertiary/aromatic N) is 2. The molecule has 0 unspecified atom stereocenters. The number of fused-ring (bicyclic) bond motifs is 2. The van der Waals surface area contributed by atoms with Gasteiger partial charge in [-0.05, 0) is 48.4 Å². The molecule has 1 heterocycles. The molecule has 4 rings (SSSR count). The molecular weight excluding hydrogens is 340 g/mol. The standard InChI is InChI=1S/C22H20N2OS/c1-3-25-18-11-12-21-20(13-18)15(2)23-22(24-21)26-14-17-9-6-8-16-7-4-5-10-19(16)17/h4-13H,3,14H2,1-2H3. The molecule has 0 saturated heterocycles. The van der Waals surface area contributed by atoms with Crippen molar-refractivity contribution < 1.29 is 4.74 Å². The summed E-state index contributed by atoms with van der Waals surface area (Å²) in [6, 6.07) is 20.9. The van der Waals surface area contributed by atoms with Gasteiger partial charge in [0.25, 0.3) is 0 Å². The van der Waals surface area contributed by atoms with Crippen molar-refractivity contribution in [2.24, 2.45) is 0 Å². The third kappa shape index (κ3) is 3.37. The smallest absolute Gasteiger partial charge is 0.188 e. The summed E-state index contributed by atoms with van der Waals surface area (Å²) in [4.78, 5) is 9.42. The maximum atomic E-state index is 5.58. The largest absolute Gasteiger partial charge is 0.494 e. The Morgan fingerprint density at radius 2 is 1.77 bits per heavy atom. The van der Waals surface area contributed by atoms with Crippen LogP contribution in [0.3, 0.4) is 0 Å². The Kier molecular flexibility index (Phi) is 4.76. The van der Waals surface area contributed by atoms with E-state index < -0.39 is 0 Å². The van der Waals surface area contributed by atoms with Crippen molar-refractivity contribution in [3.8, 4) is 5.75 Å². The van der Waals surface area contributed by atoms with Crippen molar-refractivity contribution in [3.05, 3.63) is 71.9 Å². The van der Waals surface area contributed by atoms with Gasteiger partial charge in [0, 0.05) is 16.8 Å². The Labute approximate surface area is 157 Å². The second-order valence-electron chi connectivity index (χ2n) is 6.13. The van der Waals surface area contributed by atoms with Crippen LogP contribution in [0.5, 0.6) is 5.75 Å². The molecule has 0 fully saturated rings. The van der Waals surface area contributed by atoms with E-state index in [0.717, 1.165) is 33.3 Å². The Hall–Kier alpha value is -2.59. The summed E-state index contributed by atoms with van der Waals surface area (Å²) in [5.41, 5.74) is 3.25. The Morgan fingerprint density at radius 3 is 2.65 bits per heavy atom. The molecule has 0 amide bonds. The summed E-state index contributed by atoms with van der Waals surface area (Å²) in [6.45, 7) is 4.67. The summed E-state index contributed by atoms with van der Waals surface area (Å²) >= 11 is 1.68. The van der Waals surface area contributed by atoms with Gasteiger partial charge >= 0.3 is 0 Å². The second kappa shape index (κ2) is 7.34. The maximum Gasteiger partial charge on any atom is 0.188 e. The van der Waals surface area contributed by atoms with E-state index in [1.807, 2.05) is 32.0 Å². The predicted octanol–water partition coefficient (Wildman–Crippen LogP) is 5.78. The van der Waals surface area contributed by atoms with Gasteiger partial charge in [-0.1, -0.05) is 54.2 Å². The van der Waals surface area contributed by atoms with Gasteiger partial charge in [0.05, 0.1) is 12.1 Å². The Balaban J connectivity index is 1.62. The first-order valence-corrected chi connectivity index (χ1v) is 9.74. The normalized spacial score (nSPS) is 11.2. The van der Waals surface area contributed by atoms with Gasteiger partial charge < -0.3 is 4.74 Å². The molecule has 0 aliphatic heterocycles. The van der Waals surface area contributed by atoms with Gasteiger partial charge in [0.2, 0.25) is 0 Å². The lowest BCUT2D eigenvalue weighted by Gasteiger charge is -2.09. The van der Waals surface area contributed by atoms with Crippen LogP contribution in [0.25, 0.3) is 21.7 Å². The zero-order valence-corrected chi connectivity index (χ0v) is 15.7. The molecule has 3 nitrogen and oxygen atoms in total. The monoisotopic (exact) mass is 360 g/mol. The van der Waals surface area contributed by atoms with E-state index in [1.165, 1.54) is 16.3 Å². The highest BCUT2D eigenvalue weighted by molar-refractivity contribution is 7.98. The molecule has 4 aromatic rings. The predicted molar refractivity (Wildman–Crippen MR) is 109 cm³/mol. The van der Waals surface area contributed by atoms with E-state index in [4.69, 9.17) is 14.7 Å². The summed E-state index contributed by atoms with van der Waals surface area (Å²) in [7, 11) is 0. The minimum atomic E-state index is 0.657. The van der Waals surface area contributed by atoms with Gasteiger partial charge in [-0.15, -0.1) is 0 Å². The van der Waals surface area contributed by atoms with E-state index in [2.05, 4.69) is 42.5 Å². The van der Waals surface area contributed by atoms with Crippen LogP contribution in [0.4, 0.5) is 0 Å². The van der Waals surface area contributed by atoms with Crippen molar-refractivity contribution >= 4 is 33.4 Å². The first kappa shape index (κ1) is 16.9. The summed E-state index contributed by atoms with van der Waals surface area (Å²) in [6.07, 6.45) is 0. The lowest BCUT2D eigenvalue weighted by Crippen LogP contribution is -1.96. The quantitative estimate of drug-likeness (QED) is 0.334. The zero-order valence-electron chi connectivity index (χ0n) is 14.9. The number of rotatable bonds is 5. The Morgan fingerprint density at radius 1 is 0.923 bits per heavy atom. The average Bonchev–Trinajstić information content (AvgIpc) is 2.67. The molecule has 130 valence electrons. The number of hydrogen-bond donors (Lipinski definition) is 0. The molecule has 1 aromatic heterocycles. The van der Waals surface area contributed by atoms with Crippen molar-refractivity contribution in [2.45, 2.75) is 24.8 Å². The second-order valence-corrected chi connectivity index (χ2v) is 7.07. The van der Waals surface area contributed by atoms with Crippen LogP contribution >= 0.6 is 11.8 Å². The number of benzene rings is 3. The molecule has 0 spiro atoms. The first-order valence-electron chi connectivity index (χ1n) is 8.75. The highest BCUT2D eigenvalue weighted by Crippen LogP contribution is 2.28. The molecule has 0 aliphatic rings. The third-order valence-corrected chi connectivity index (χ3v) is 5.28. The fourth-order valence-electron chi connectivity index (χ4n) is 3.12. The van der Waals surface area contributed by atoms with Crippen LogP contribution < -0.4 is 4.74 Å². The third-order valence-electron chi connectivity index (χ3n) is 4.38. The molecule has 0 radical (unpaired) electrons. The SMILES string of the molecule is CCOc1ccc2nc(SCc3cccc4ccccc34)nc(C)c2c1. The van der Waals surface area contributed by atoms with Crippen LogP contribution in [0.1, 0.15) is 18.2 Å². The minimum Gasteiger partial charge on any atom is -0.494 e. The van der Waals surface area contributed by atoms with E-state index >= 15 is 0 Å². The highest BCUT2D eigenvalue weighted by Gasteiger charge is 2.08. The van der Waals surface area contributed by atoms with Gasteiger partial charge in [-0.2, -0.15) is 0 Å². The Bertz CT molecular complexity index is 1070. The van der Waals surface area contributed by atoms with Crippen LogP contribution in [0.15, 0.2) is 65.8 Å². The number of aryl methyl sites for hydroxylation is 1. The van der Waals surface area contributed by atoms with E-state index in [-0.39, 0.29) is 0 Å². The van der Waals surface area contributed by atoms with Crippen molar-refractivity contribution in [2.75, 3.05) is 6.61 Å². The molecule has 4 heteroatoms. The molecule has 0 aliphatic carbocycles. The van der Waals surface area contributed by atoms with Gasteiger partial charge in [0.15, 0.2) is 5.16 Å². The minimum absolute atomic E-state index is 0.657. The molecule has 3 aromatic carbocycles. The molecule has 0 bridgehead atoms. The summed E-state index contributed by atoms with van der Waals surface area (Å²) in [5, 5.41) is 4.42. The lowest BCUT2D eigenvalue weighted by atomic mass is 10.1. The van der Waals surface area contributed by atoms with Crippen LogP contribution in [-0.2, 0) is 5.75 Å². The molecule has 0 N–H and O–H groups in total. The molecule has 0 saturated carbocycles. The molecule has 0 atom stereocenters. The fraction of sp³-hybridized carbons (Fsp3) is 0.182. The van der Waals surface area contributed by atoms with Crippen LogP contribution in [0.2, 0.25) is 0 Å². The average molecular weight is 360 g/mol. The topological polar surface area (TPSA) is 35.0 Å². The van der Waals surface area contributed by atoms with Crippen LogP contribution in [-0.4, -0.2) is 16.6 Å². The van der Waals surface area contributed by atoms with E-state index in [1.54, 1.807) is 11.8 Å². The van der Waals surface area contributed by atoms with Crippen molar-refractivity contribution in [3.63, 3.8) is 0 Å². The van der Waals surface area contributed by atoms with Crippen molar-refractivity contribution in [1.82, 2.24) is 9.97 Å². The molecule has 26 heavy (non-hydrogen) atoms. The van der Waals surface area contributed by atoms with Crippen LogP contribution in [0, 0.1) is 6.92 Å². The lowest BCUT2D eigenvalue weighted by molar-refractivity contribution is 0.340. The fourth-order valence-corrected chi connectivity index (χ4v) is 4.02. The summed E-state index contributed by atoms with van der Waals surface area (Å²) < 4.78 is 5.58. The highest BCUT2D eigenvalue weighted by atomic mass is 32.2. The summed E-state index contributed by atoms with van der Waals surface area (Å²) in [5.74, 6) is 1.71. The molecular formula is C22H20N2OS. The van der Waals surface area contributed by atoms with Gasteiger partial charge in [-0.25, -0.2) is 9.97 Å². The van der Waals surface area contributed by atoms with E-state index in [9.17, 15) is 0 Å². The van der Waals surface area contributed by atoms with Gasteiger partial charge in [0.1, 0.15) is 5.75 Å². The number of hydrogen-bond acceptors (Lipinski definition) is 4. The number of ether oxygens (including phenoxy) is 1. The zero-order chi connectivity index (χ0) is 17.9.